The molecule has 0 nitrogen and oxygen atoms in total. The summed E-state index contributed by atoms with van der Waals surface area (Å²) in [6.45, 7) is 2.12. The maximum absolute atomic E-state index is 2.24. The lowest BCUT2D eigenvalue weighted by atomic mass is 10.1. The van der Waals surface area contributed by atoms with Gasteiger partial charge in [-0.15, -0.1) is 11.3 Å². The molecule has 0 spiro atoms. The molecule has 0 amide bonds. The fourth-order valence-electron chi connectivity index (χ4n) is 2.04. The van der Waals surface area contributed by atoms with Gasteiger partial charge in [-0.1, -0.05) is 54.1 Å². The van der Waals surface area contributed by atoms with Crippen molar-refractivity contribution in [2.24, 2.45) is 0 Å². The molecule has 1 heterocycles. The Hall–Kier alpha value is -1.86. The molecule has 0 aliphatic heterocycles. The van der Waals surface area contributed by atoms with E-state index >= 15 is 0 Å². The molecular formula is C17H14S. The Morgan fingerprint density at radius 3 is 2.61 bits per heavy atom. The average Bonchev–Trinajstić information content (AvgIpc) is 2.79. The highest BCUT2D eigenvalue weighted by Crippen LogP contribution is 2.26. The van der Waals surface area contributed by atoms with Gasteiger partial charge in [0.15, 0.2) is 0 Å². The molecule has 0 saturated heterocycles. The van der Waals surface area contributed by atoms with E-state index in [0.29, 0.717) is 0 Å². The van der Waals surface area contributed by atoms with Crippen LogP contribution in [0.25, 0.3) is 22.2 Å². The van der Waals surface area contributed by atoms with Crippen molar-refractivity contribution in [2.45, 2.75) is 6.92 Å². The minimum absolute atomic E-state index is 1.26. The zero-order valence-corrected chi connectivity index (χ0v) is 11.1. The zero-order chi connectivity index (χ0) is 12.4. The van der Waals surface area contributed by atoms with Crippen molar-refractivity contribution in [3.8, 4) is 0 Å². The van der Waals surface area contributed by atoms with Gasteiger partial charge in [-0.05, 0) is 36.1 Å². The summed E-state index contributed by atoms with van der Waals surface area (Å²) in [5.74, 6) is 0. The molecule has 0 aliphatic rings. The lowest BCUT2D eigenvalue weighted by Gasteiger charge is -1.94. The van der Waals surface area contributed by atoms with E-state index in [1.165, 1.54) is 26.1 Å². The lowest BCUT2D eigenvalue weighted by molar-refractivity contribution is 1.46. The predicted octanol–water partition coefficient (Wildman–Crippen LogP) is 5.38. The molecule has 18 heavy (non-hydrogen) atoms. The molecular weight excluding hydrogens is 236 g/mol. The minimum Gasteiger partial charge on any atom is -0.136 e. The van der Waals surface area contributed by atoms with Crippen LogP contribution >= 0.6 is 11.3 Å². The highest BCUT2D eigenvalue weighted by molar-refractivity contribution is 7.19. The van der Waals surface area contributed by atoms with E-state index in [-0.39, 0.29) is 0 Å². The number of thiophene rings is 1. The van der Waals surface area contributed by atoms with Crippen LogP contribution in [0.5, 0.6) is 0 Å². The summed E-state index contributed by atoms with van der Waals surface area (Å²) in [6.07, 6.45) is 4.37. The predicted molar refractivity (Wildman–Crippen MR) is 81.9 cm³/mol. The molecule has 0 saturated carbocycles. The molecule has 0 aliphatic carbocycles. The Morgan fingerprint density at radius 1 is 0.889 bits per heavy atom. The van der Waals surface area contributed by atoms with Crippen LogP contribution in [0, 0.1) is 6.92 Å². The first-order valence-corrected chi connectivity index (χ1v) is 6.86. The van der Waals surface area contributed by atoms with E-state index in [1.807, 2.05) is 11.3 Å². The molecule has 3 rings (SSSR count). The summed E-state index contributed by atoms with van der Waals surface area (Å²) in [4.78, 5) is 1.30. The van der Waals surface area contributed by atoms with Crippen LogP contribution in [0.3, 0.4) is 0 Å². The maximum atomic E-state index is 2.24. The first kappa shape index (κ1) is 11.2. The van der Waals surface area contributed by atoms with Gasteiger partial charge in [-0.25, -0.2) is 0 Å². The quantitative estimate of drug-likeness (QED) is 0.572. The second-order valence-corrected chi connectivity index (χ2v) is 5.55. The van der Waals surface area contributed by atoms with Crippen molar-refractivity contribution in [3.63, 3.8) is 0 Å². The number of benzene rings is 2. The SMILES string of the molecule is Cc1cccc(/C=C\c2cc3ccccc3s2)c1. The molecule has 88 valence electrons. The number of rotatable bonds is 2. The Kier molecular flexibility index (Phi) is 2.99. The van der Waals surface area contributed by atoms with Gasteiger partial charge in [0, 0.05) is 9.58 Å². The van der Waals surface area contributed by atoms with Crippen molar-refractivity contribution in [3.05, 3.63) is 70.6 Å². The molecule has 0 fully saturated rings. The second-order valence-electron chi connectivity index (χ2n) is 4.43. The van der Waals surface area contributed by atoms with Crippen LogP contribution in [0.1, 0.15) is 16.0 Å². The molecule has 0 atom stereocenters. The topological polar surface area (TPSA) is 0 Å². The van der Waals surface area contributed by atoms with Crippen LogP contribution in [0.4, 0.5) is 0 Å². The Morgan fingerprint density at radius 2 is 1.78 bits per heavy atom. The number of hydrogen-bond acceptors (Lipinski definition) is 1. The summed E-state index contributed by atoms with van der Waals surface area (Å²) < 4.78 is 1.35. The molecule has 3 aromatic rings. The van der Waals surface area contributed by atoms with Gasteiger partial charge >= 0.3 is 0 Å². The van der Waals surface area contributed by atoms with Gasteiger partial charge in [-0.2, -0.15) is 0 Å². The molecule has 1 aromatic heterocycles. The van der Waals surface area contributed by atoms with E-state index in [2.05, 4.69) is 73.7 Å². The van der Waals surface area contributed by atoms with Crippen LogP contribution in [-0.4, -0.2) is 0 Å². The Labute approximate surface area is 111 Å². The Balaban J connectivity index is 1.92. The fraction of sp³-hybridized carbons (Fsp3) is 0.0588. The van der Waals surface area contributed by atoms with Crippen molar-refractivity contribution >= 4 is 33.6 Å². The van der Waals surface area contributed by atoms with E-state index in [9.17, 15) is 0 Å². The van der Waals surface area contributed by atoms with Gasteiger partial charge in [0.05, 0.1) is 0 Å². The van der Waals surface area contributed by atoms with E-state index < -0.39 is 0 Å². The molecule has 0 N–H and O–H groups in total. The van der Waals surface area contributed by atoms with Crippen LogP contribution in [-0.2, 0) is 0 Å². The summed E-state index contributed by atoms with van der Waals surface area (Å²) in [6, 6.07) is 19.3. The average molecular weight is 250 g/mol. The monoisotopic (exact) mass is 250 g/mol. The minimum atomic E-state index is 1.26. The summed E-state index contributed by atoms with van der Waals surface area (Å²) in [5.41, 5.74) is 2.56. The van der Waals surface area contributed by atoms with Crippen LogP contribution < -0.4 is 0 Å². The molecule has 0 radical (unpaired) electrons. The fourth-order valence-corrected chi connectivity index (χ4v) is 3.00. The normalized spacial score (nSPS) is 11.4. The van der Waals surface area contributed by atoms with E-state index in [1.54, 1.807) is 0 Å². The molecule has 1 heteroatoms. The van der Waals surface area contributed by atoms with Crippen molar-refractivity contribution in [2.75, 3.05) is 0 Å². The standard InChI is InChI=1S/C17H14S/c1-13-5-4-6-14(11-13)9-10-16-12-15-7-2-3-8-17(15)18-16/h2-12H,1H3/b10-9-. The molecule has 0 bridgehead atoms. The van der Waals surface area contributed by atoms with Crippen LogP contribution in [0.15, 0.2) is 54.6 Å². The van der Waals surface area contributed by atoms with Gasteiger partial charge in [0.1, 0.15) is 0 Å². The molecule has 0 unspecified atom stereocenters. The molecule has 2 aromatic carbocycles. The second kappa shape index (κ2) is 4.79. The van der Waals surface area contributed by atoms with E-state index in [0.717, 1.165) is 0 Å². The summed E-state index contributed by atoms with van der Waals surface area (Å²) in [7, 11) is 0. The van der Waals surface area contributed by atoms with Gasteiger partial charge in [0.2, 0.25) is 0 Å². The van der Waals surface area contributed by atoms with Gasteiger partial charge in [-0.3, -0.25) is 0 Å². The van der Waals surface area contributed by atoms with Crippen molar-refractivity contribution in [1.82, 2.24) is 0 Å². The third kappa shape index (κ3) is 2.36. The first-order valence-electron chi connectivity index (χ1n) is 6.04. The van der Waals surface area contributed by atoms with Crippen LogP contribution in [0.2, 0.25) is 0 Å². The maximum Gasteiger partial charge on any atom is 0.0349 e. The third-order valence-electron chi connectivity index (χ3n) is 2.93. The van der Waals surface area contributed by atoms with Gasteiger partial charge < -0.3 is 0 Å². The van der Waals surface area contributed by atoms with Gasteiger partial charge in [0.25, 0.3) is 0 Å². The highest BCUT2D eigenvalue weighted by atomic mass is 32.1. The number of aryl methyl sites for hydroxylation is 1. The first-order chi connectivity index (χ1) is 8.81. The van der Waals surface area contributed by atoms with Crippen molar-refractivity contribution in [1.29, 1.82) is 0 Å². The summed E-state index contributed by atoms with van der Waals surface area (Å²) in [5, 5.41) is 1.33. The smallest absolute Gasteiger partial charge is 0.0349 e. The lowest BCUT2D eigenvalue weighted by Crippen LogP contribution is -1.73. The largest absolute Gasteiger partial charge is 0.136 e. The number of hydrogen-bond donors (Lipinski definition) is 0. The van der Waals surface area contributed by atoms with Crippen molar-refractivity contribution < 1.29 is 0 Å². The third-order valence-corrected chi connectivity index (χ3v) is 4.01. The summed E-state index contributed by atoms with van der Waals surface area (Å²) >= 11 is 1.83. The Bertz CT molecular complexity index is 671. The zero-order valence-electron chi connectivity index (χ0n) is 10.3. The highest BCUT2D eigenvalue weighted by Gasteiger charge is 1.97. The van der Waals surface area contributed by atoms with E-state index in [4.69, 9.17) is 0 Å². The number of fused-ring (bicyclic) bond motifs is 1.